The number of hydrogen-bond donors (Lipinski definition) is 1. The number of aryl methyl sites for hydroxylation is 1. The molecule has 0 aliphatic carbocycles. The number of nitrogens with two attached hydrogens (primary N) is 1. The highest BCUT2D eigenvalue weighted by molar-refractivity contribution is 8.00. The highest BCUT2D eigenvalue weighted by Gasteiger charge is 2.22. The maximum absolute atomic E-state index is 5.79. The van der Waals surface area contributed by atoms with Gasteiger partial charge in [0.2, 0.25) is 0 Å². The van der Waals surface area contributed by atoms with E-state index in [9.17, 15) is 0 Å². The normalized spacial score (nSPS) is 11.4. The topological polar surface area (TPSA) is 56.3 Å². The van der Waals surface area contributed by atoms with Crippen molar-refractivity contribution in [3.63, 3.8) is 0 Å². The van der Waals surface area contributed by atoms with Crippen molar-refractivity contribution in [2.45, 2.75) is 84.1 Å². The number of imidazole rings is 1. The van der Waals surface area contributed by atoms with Crippen LogP contribution < -0.4 is 10.0 Å². The van der Waals surface area contributed by atoms with Gasteiger partial charge in [0.25, 0.3) is 0 Å². The number of fused-ring (bicyclic) bond motifs is 1. The standard InChI is InChI=1S/C21H28N4S.C7H16O/c1-6-24-19-13-10-16(14-18(19)23-20(24)21(3,4)5)25(7-2)26-17-11-8-15(22)9-12-17;1-3-4-5-6-7-8-2/h8-14H,6-7,22H2,1-5H3;3-7H2,1-2H3. The van der Waals surface area contributed by atoms with Crippen LogP contribution in [0.25, 0.3) is 11.0 Å². The number of hydrogen-bond acceptors (Lipinski definition) is 5. The molecule has 0 aliphatic rings. The van der Waals surface area contributed by atoms with Crippen LogP contribution in [0.5, 0.6) is 0 Å². The summed E-state index contributed by atoms with van der Waals surface area (Å²) in [6.07, 6.45) is 5.21. The first kappa shape index (κ1) is 28.1. The van der Waals surface area contributed by atoms with E-state index in [1.54, 1.807) is 19.1 Å². The van der Waals surface area contributed by atoms with Crippen molar-refractivity contribution in [2.75, 3.05) is 30.3 Å². The number of benzene rings is 2. The SMILES string of the molecule is CCCCCCOC.CCN(Sc1ccc(N)cc1)c1ccc2c(c1)nc(C(C)(C)C)n2CC. The zero-order valence-corrected chi connectivity index (χ0v) is 23.0. The summed E-state index contributed by atoms with van der Waals surface area (Å²) in [4.78, 5) is 6.14. The zero-order valence-electron chi connectivity index (χ0n) is 22.2. The smallest absolute Gasteiger partial charge is 0.115 e. The molecule has 6 heteroatoms. The molecule has 0 aliphatic heterocycles. The van der Waals surface area contributed by atoms with Crippen LogP contribution in [-0.2, 0) is 16.7 Å². The molecular formula is C28H44N4OS. The Kier molecular flexibility index (Phi) is 11.3. The average Bonchev–Trinajstić information content (AvgIpc) is 3.20. The molecule has 0 fully saturated rings. The van der Waals surface area contributed by atoms with Gasteiger partial charge in [-0.3, -0.25) is 0 Å². The summed E-state index contributed by atoms with van der Waals surface area (Å²) in [5.41, 5.74) is 10.0. The van der Waals surface area contributed by atoms with Gasteiger partial charge < -0.3 is 19.3 Å². The van der Waals surface area contributed by atoms with Crippen molar-refractivity contribution in [3.8, 4) is 0 Å². The molecule has 0 saturated heterocycles. The van der Waals surface area contributed by atoms with Gasteiger partial charge in [-0.1, -0.05) is 47.0 Å². The van der Waals surface area contributed by atoms with Gasteiger partial charge in [0.15, 0.2) is 0 Å². The van der Waals surface area contributed by atoms with Gasteiger partial charge >= 0.3 is 0 Å². The summed E-state index contributed by atoms with van der Waals surface area (Å²) in [7, 11) is 1.76. The van der Waals surface area contributed by atoms with Crippen LogP contribution in [0, 0.1) is 0 Å². The number of nitrogens with zero attached hydrogens (tertiary/aromatic N) is 3. The zero-order chi connectivity index (χ0) is 25.1. The lowest BCUT2D eigenvalue weighted by Gasteiger charge is -2.21. The highest BCUT2D eigenvalue weighted by Crippen LogP contribution is 2.33. The van der Waals surface area contributed by atoms with Gasteiger partial charge in [0, 0.05) is 48.5 Å². The molecule has 0 unspecified atom stereocenters. The third kappa shape index (κ3) is 7.95. The lowest BCUT2D eigenvalue weighted by molar-refractivity contribution is 0.192. The largest absolute Gasteiger partial charge is 0.399 e. The first-order valence-corrected chi connectivity index (χ1v) is 13.3. The number of aromatic nitrogens is 2. The van der Waals surface area contributed by atoms with E-state index in [1.807, 2.05) is 12.1 Å². The van der Waals surface area contributed by atoms with Gasteiger partial charge in [-0.2, -0.15) is 0 Å². The first-order chi connectivity index (χ1) is 16.2. The number of ether oxygens (including phenoxy) is 1. The van der Waals surface area contributed by atoms with E-state index >= 15 is 0 Å². The van der Waals surface area contributed by atoms with Crippen molar-refractivity contribution >= 4 is 34.4 Å². The van der Waals surface area contributed by atoms with Crippen molar-refractivity contribution in [2.24, 2.45) is 0 Å². The van der Waals surface area contributed by atoms with Crippen molar-refractivity contribution in [1.82, 2.24) is 9.55 Å². The molecule has 0 spiro atoms. The van der Waals surface area contributed by atoms with Gasteiger partial charge in [-0.15, -0.1) is 0 Å². The average molecular weight is 485 g/mol. The molecule has 0 atom stereocenters. The molecule has 2 aromatic carbocycles. The van der Waals surface area contributed by atoms with E-state index < -0.39 is 0 Å². The molecule has 1 aromatic heterocycles. The van der Waals surface area contributed by atoms with E-state index in [-0.39, 0.29) is 5.41 Å². The van der Waals surface area contributed by atoms with Crippen molar-refractivity contribution < 1.29 is 4.74 Å². The fraction of sp³-hybridized carbons (Fsp3) is 0.536. The summed E-state index contributed by atoms with van der Waals surface area (Å²) in [5, 5.41) is 0. The predicted molar refractivity (Wildman–Crippen MR) is 150 cm³/mol. The number of rotatable bonds is 10. The minimum Gasteiger partial charge on any atom is -0.399 e. The molecule has 0 radical (unpaired) electrons. The second kappa shape index (κ2) is 13.6. The van der Waals surface area contributed by atoms with Crippen LogP contribution in [0.2, 0.25) is 0 Å². The summed E-state index contributed by atoms with van der Waals surface area (Å²) >= 11 is 1.72. The van der Waals surface area contributed by atoms with Crippen LogP contribution in [0.3, 0.4) is 0 Å². The lowest BCUT2D eigenvalue weighted by Crippen LogP contribution is -2.18. The van der Waals surface area contributed by atoms with E-state index in [1.165, 1.54) is 41.8 Å². The maximum Gasteiger partial charge on any atom is 0.115 e. The van der Waals surface area contributed by atoms with Gasteiger partial charge in [-0.25, -0.2) is 4.98 Å². The molecule has 0 bridgehead atoms. The molecular weight excluding hydrogens is 440 g/mol. The molecule has 5 nitrogen and oxygen atoms in total. The molecule has 34 heavy (non-hydrogen) atoms. The Morgan fingerprint density at radius 3 is 2.26 bits per heavy atom. The second-order valence-corrected chi connectivity index (χ2v) is 10.6. The molecule has 0 amide bonds. The minimum absolute atomic E-state index is 0.0261. The summed E-state index contributed by atoms with van der Waals surface area (Å²) < 4.78 is 9.49. The Morgan fingerprint density at radius 1 is 1.00 bits per heavy atom. The Balaban J connectivity index is 0.000000440. The highest BCUT2D eigenvalue weighted by atomic mass is 32.2. The van der Waals surface area contributed by atoms with Gasteiger partial charge in [-0.05, 0) is 74.7 Å². The van der Waals surface area contributed by atoms with Gasteiger partial charge in [0.1, 0.15) is 5.82 Å². The number of nitrogen functional groups attached to an aromatic ring is 1. The number of methoxy groups -OCH3 is 1. The van der Waals surface area contributed by atoms with E-state index in [0.717, 1.165) is 36.7 Å². The third-order valence-corrected chi connectivity index (χ3v) is 6.76. The molecule has 0 saturated carbocycles. The van der Waals surface area contributed by atoms with Gasteiger partial charge in [0.05, 0.1) is 11.0 Å². The molecule has 2 N–H and O–H groups in total. The van der Waals surface area contributed by atoms with E-state index in [2.05, 4.69) is 80.7 Å². The van der Waals surface area contributed by atoms with Crippen LogP contribution >= 0.6 is 11.9 Å². The molecule has 3 aromatic rings. The van der Waals surface area contributed by atoms with Crippen LogP contribution in [0.4, 0.5) is 11.4 Å². The van der Waals surface area contributed by atoms with Crippen LogP contribution in [0.15, 0.2) is 47.4 Å². The lowest BCUT2D eigenvalue weighted by atomic mass is 9.96. The third-order valence-electron chi connectivity index (χ3n) is 5.59. The monoisotopic (exact) mass is 484 g/mol. The summed E-state index contributed by atoms with van der Waals surface area (Å²) in [5.74, 6) is 1.14. The number of unbranched alkanes of at least 4 members (excludes halogenated alkanes) is 3. The fourth-order valence-electron chi connectivity index (χ4n) is 3.79. The molecule has 188 valence electrons. The van der Waals surface area contributed by atoms with Crippen LogP contribution in [0.1, 0.15) is 73.1 Å². The Morgan fingerprint density at radius 2 is 1.71 bits per heavy atom. The minimum atomic E-state index is 0.0261. The summed E-state index contributed by atoms with van der Waals surface area (Å²) in [6, 6.07) is 14.6. The number of anilines is 2. The van der Waals surface area contributed by atoms with Crippen molar-refractivity contribution in [1.29, 1.82) is 0 Å². The van der Waals surface area contributed by atoms with Crippen LogP contribution in [-0.4, -0.2) is 29.8 Å². The summed E-state index contributed by atoms with van der Waals surface area (Å²) in [6.45, 7) is 16.0. The predicted octanol–water partition coefficient (Wildman–Crippen LogP) is 7.68. The Labute approximate surface area is 211 Å². The molecule has 1 heterocycles. The second-order valence-electron chi connectivity index (χ2n) is 9.51. The van der Waals surface area contributed by atoms with E-state index in [0.29, 0.717) is 0 Å². The Bertz CT molecular complexity index is 986. The Hall–Kier alpha value is -2.18. The quantitative estimate of drug-likeness (QED) is 0.182. The first-order valence-electron chi connectivity index (χ1n) is 12.6. The fourth-order valence-corrected chi connectivity index (χ4v) is 4.66. The van der Waals surface area contributed by atoms with E-state index in [4.69, 9.17) is 15.5 Å². The molecule has 3 rings (SSSR count). The van der Waals surface area contributed by atoms with Crippen molar-refractivity contribution in [3.05, 3.63) is 48.3 Å². The maximum atomic E-state index is 5.79.